The summed E-state index contributed by atoms with van der Waals surface area (Å²) in [7, 11) is 1.23. The number of hydrogen-bond donors (Lipinski definition) is 3. The first-order chi connectivity index (χ1) is 13.1. The average molecular weight is 396 g/mol. The zero-order chi connectivity index (χ0) is 21.0. The first-order valence-corrected chi connectivity index (χ1v) is 8.30. The van der Waals surface area contributed by atoms with Gasteiger partial charge in [0.15, 0.2) is 0 Å². The number of benzene rings is 1. The SMILES string of the molecule is COC(=O)[C@@H]1CCCN(c2cc(N[C@@H](C)C(N)=O)c([N+](=O)[O-])cc2[N+](=O)[O-])N1. The van der Waals surface area contributed by atoms with Crippen LogP contribution >= 0.6 is 0 Å². The summed E-state index contributed by atoms with van der Waals surface area (Å²) in [5.41, 5.74) is 6.80. The third kappa shape index (κ3) is 4.43. The monoisotopic (exact) mass is 396 g/mol. The number of nitrogens with zero attached hydrogens (tertiary/aromatic N) is 3. The fourth-order valence-corrected chi connectivity index (χ4v) is 2.77. The van der Waals surface area contributed by atoms with E-state index in [1.54, 1.807) is 0 Å². The molecule has 28 heavy (non-hydrogen) atoms. The van der Waals surface area contributed by atoms with Gasteiger partial charge in [-0.15, -0.1) is 0 Å². The molecule has 0 radical (unpaired) electrons. The van der Waals surface area contributed by atoms with E-state index in [0.29, 0.717) is 19.4 Å². The second-order valence-electron chi connectivity index (χ2n) is 6.14. The summed E-state index contributed by atoms with van der Waals surface area (Å²) in [5.74, 6) is -1.29. The Balaban J connectivity index is 2.51. The number of primary amides is 1. The van der Waals surface area contributed by atoms with Crippen molar-refractivity contribution in [3.05, 3.63) is 32.4 Å². The van der Waals surface area contributed by atoms with E-state index in [1.165, 1.54) is 25.1 Å². The van der Waals surface area contributed by atoms with Crippen molar-refractivity contribution in [3.8, 4) is 0 Å². The molecule has 1 aliphatic rings. The van der Waals surface area contributed by atoms with Crippen molar-refractivity contribution in [2.45, 2.75) is 31.8 Å². The van der Waals surface area contributed by atoms with Crippen molar-refractivity contribution in [2.24, 2.45) is 5.73 Å². The molecular formula is C15H20N6O7. The zero-order valence-corrected chi connectivity index (χ0v) is 15.2. The maximum absolute atomic E-state index is 11.8. The van der Waals surface area contributed by atoms with Gasteiger partial charge in [0, 0.05) is 12.6 Å². The summed E-state index contributed by atoms with van der Waals surface area (Å²) in [6.45, 7) is 1.72. The molecule has 0 saturated carbocycles. The summed E-state index contributed by atoms with van der Waals surface area (Å²) >= 11 is 0. The molecule has 1 amide bonds. The summed E-state index contributed by atoms with van der Waals surface area (Å²) < 4.78 is 4.69. The van der Waals surface area contributed by atoms with Crippen LogP contribution in [0.1, 0.15) is 19.8 Å². The summed E-state index contributed by atoms with van der Waals surface area (Å²) in [6.07, 6.45) is 0.995. The van der Waals surface area contributed by atoms with Gasteiger partial charge in [-0.2, -0.15) is 0 Å². The molecule has 1 aromatic carbocycles. The van der Waals surface area contributed by atoms with Crippen molar-refractivity contribution in [1.29, 1.82) is 0 Å². The van der Waals surface area contributed by atoms with Crippen LogP contribution in [0, 0.1) is 20.2 Å². The predicted molar refractivity (Wildman–Crippen MR) is 97.5 cm³/mol. The lowest BCUT2D eigenvalue weighted by atomic mass is 10.1. The van der Waals surface area contributed by atoms with Crippen LogP contribution < -0.4 is 21.5 Å². The molecule has 1 fully saturated rings. The highest BCUT2D eigenvalue weighted by Gasteiger charge is 2.33. The molecule has 0 aromatic heterocycles. The number of carbonyl (C=O) groups is 2. The number of nitrogens with one attached hydrogen (secondary N) is 2. The molecule has 0 unspecified atom stereocenters. The van der Waals surface area contributed by atoms with Gasteiger partial charge in [0.2, 0.25) is 5.91 Å². The quantitative estimate of drug-likeness (QED) is 0.332. The minimum Gasteiger partial charge on any atom is -0.468 e. The second kappa shape index (κ2) is 8.47. The summed E-state index contributed by atoms with van der Waals surface area (Å²) in [5, 5.41) is 26.8. The summed E-state index contributed by atoms with van der Waals surface area (Å²) in [6, 6.07) is 0.316. The maximum Gasteiger partial charge on any atom is 0.324 e. The first kappa shape index (κ1) is 20.8. The highest BCUT2D eigenvalue weighted by atomic mass is 16.6. The van der Waals surface area contributed by atoms with Gasteiger partial charge in [-0.25, -0.2) is 5.43 Å². The molecule has 0 bridgehead atoms. The van der Waals surface area contributed by atoms with Crippen molar-refractivity contribution in [1.82, 2.24) is 5.43 Å². The number of nitrogens with two attached hydrogens (primary N) is 1. The van der Waals surface area contributed by atoms with Crippen molar-refractivity contribution >= 4 is 34.6 Å². The lowest BCUT2D eigenvalue weighted by molar-refractivity contribution is -0.393. The van der Waals surface area contributed by atoms with Gasteiger partial charge in [0.25, 0.3) is 5.69 Å². The minimum absolute atomic E-state index is 0.00312. The lowest BCUT2D eigenvalue weighted by Gasteiger charge is -2.33. The number of ether oxygens (including phenoxy) is 1. The van der Waals surface area contributed by atoms with Crippen molar-refractivity contribution < 1.29 is 24.2 Å². The fourth-order valence-electron chi connectivity index (χ4n) is 2.77. The number of rotatable bonds is 7. The third-order valence-electron chi connectivity index (χ3n) is 4.25. The molecule has 1 aromatic rings. The Bertz CT molecular complexity index is 814. The molecule has 13 heteroatoms. The Morgan fingerprint density at radius 1 is 1.32 bits per heavy atom. The van der Waals surface area contributed by atoms with E-state index in [9.17, 15) is 29.8 Å². The first-order valence-electron chi connectivity index (χ1n) is 8.30. The lowest BCUT2D eigenvalue weighted by Crippen LogP contribution is -2.53. The average Bonchev–Trinajstić information content (AvgIpc) is 2.66. The number of hydrogen-bond acceptors (Lipinski definition) is 10. The van der Waals surface area contributed by atoms with Gasteiger partial charge in [0.05, 0.1) is 23.0 Å². The van der Waals surface area contributed by atoms with E-state index in [-0.39, 0.29) is 11.4 Å². The summed E-state index contributed by atoms with van der Waals surface area (Å²) in [4.78, 5) is 44.4. The molecule has 2 rings (SSSR count). The molecule has 4 N–H and O–H groups in total. The van der Waals surface area contributed by atoms with Crippen molar-refractivity contribution in [3.63, 3.8) is 0 Å². The predicted octanol–water partition coefficient (Wildman–Crippen LogP) is 0.435. The van der Waals surface area contributed by atoms with Gasteiger partial charge in [-0.05, 0) is 19.8 Å². The number of hydrazine groups is 1. The van der Waals surface area contributed by atoms with E-state index in [1.807, 2.05) is 0 Å². The third-order valence-corrected chi connectivity index (χ3v) is 4.25. The Morgan fingerprint density at radius 3 is 2.50 bits per heavy atom. The fraction of sp³-hybridized carbons (Fsp3) is 0.467. The Morgan fingerprint density at radius 2 is 1.96 bits per heavy atom. The normalized spacial score (nSPS) is 17.5. The van der Waals surface area contributed by atoms with Gasteiger partial charge in [-0.3, -0.25) is 29.8 Å². The van der Waals surface area contributed by atoms with Crippen LogP contribution in [0.5, 0.6) is 0 Å². The molecule has 2 atom stereocenters. The molecule has 1 heterocycles. The minimum atomic E-state index is -0.954. The molecule has 0 spiro atoms. The van der Waals surface area contributed by atoms with E-state index in [0.717, 1.165) is 6.07 Å². The highest BCUT2D eigenvalue weighted by molar-refractivity contribution is 5.85. The van der Waals surface area contributed by atoms with Crippen LogP contribution in [0.25, 0.3) is 0 Å². The van der Waals surface area contributed by atoms with Gasteiger partial charge < -0.3 is 20.8 Å². The number of methoxy groups -OCH3 is 1. The smallest absolute Gasteiger partial charge is 0.324 e. The van der Waals surface area contributed by atoms with Crippen LogP contribution in [-0.4, -0.2) is 47.5 Å². The number of carbonyl (C=O) groups excluding carboxylic acids is 2. The molecule has 152 valence electrons. The van der Waals surface area contributed by atoms with Crippen LogP contribution in [0.3, 0.4) is 0 Å². The highest BCUT2D eigenvalue weighted by Crippen LogP contribution is 2.38. The molecule has 0 aliphatic carbocycles. The van der Waals surface area contributed by atoms with E-state index < -0.39 is 45.2 Å². The standard InChI is InChI=1S/C15H20N6O7/c1-8(14(16)22)17-10-6-12(13(21(26)27)7-11(10)20(24)25)19-5-3-4-9(18-19)15(23)28-2/h6-9,17-18H,3-5H2,1-2H3,(H2,16,22)/t8-,9-/m0/s1. The van der Waals surface area contributed by atoms with Crippen molar-refractivity contribution in [2.75, 3.05) is 24.0 Å². The van der Waals surface area contributed by atoms with Gasteiger partial charge in [0.1, 0.15) is 23.5 Å². The van der Waals surface area contributed by atoms with Crippen LogP contribution in [-0.2, 0) is 14.3 Å². The second-order valence-corrected chi connectivity index (χ2v) is 6.14. The Kier molecular flexibility index (Phi) is 6.30. The number of anilines is 2. The van der Waals surface area contributed by atoms with Gasteiger partial charge in [-0.1, -0.05) is 0 Å². The Hall–Kier alpha value is -3.48. The molecule has 1 aliphatic heterocycles. The van der Waals surface area contributed by atoms with E-state index >= 15 is 0 Å². The number of amides is 1. The number of nitro groups is 2. The van der Waals surface area contributed by atoms with E-state index in [4.69, 9.17) is 5.73 Å². The van der Waals surface area contributed by atoms with Crippen LogP contribution in [0.4, 0.5) is 22.7 Å². The van der Waals surface area contributed by atoms with Crippen LogP contribution in [0.2, 0.25) is 0 Å². The maximum atomic E-state index is 11.8. The topological polar surface area (TPSA) is 183 Å². The number of esters is 1. The Labute approximate surface area is 159 Å². The van der Waals surface area contributed by atoms with Crippen LogP contribution in [0.15, 0.2) is 12.1 Å². The molecule has 13 nitrogen and oxygen atoms in total. The number of nitro benzene ring substituents is 2. The van der Waals surface area contributed by atoms with Gasteiger partial charge >= 0.3 is 11.7 Å². The van der Waals surface area contributed by atoms with E-state index in [2.05, 4.69) is 15.5 Å². The zero-order valence-electron chi connectivity index (χ0n) is 15.2. The molecular weight excluding hydrogens is 376 g/mol. The molecule has 1 saturated heterocycles. The largest absolute Gasteiger partial charge is 0.468 e.